The highest BCUT2D eigenvalue weighted by Crippen LogP contribution is 2.37. The van der Waals surface area contributed by atoms with Crippen LogP contribution in [0.3, 0.4) is 0 Å². The molecule has 0 N–H and O–H groups in total. The number of carbonyl (C=O) groups is 1. The van der Waals surface area contributed by atoms with E-state index in [1.807, 2.05) is 4.90 Å². The Hall–Kier alpha value is -1.49. The number of ether oxygens (including phenoxy) is 1. The molecule has 2 fully saturated rings. The molecule has 1 saturated heterocycles. The van der Waals surface area contributed by atoms with Gasteiger partial charge < -0.3 is 9.64 Å². The lowest BCUT2D eigenvalue weighted by Gasteiger charge is -2.16. The Morgan fingerprint density at radius 2 is 2.10 bits per heavy atom. The van der Waals surface area contributed by atoms with Crippen molar-refractivity contribution in [2.45, 2.75) is 38.5 Å². The van der Waals surface area contributed by atoms with Gasteiger partial charge >= 0.3 is 0 Å². The molecule has 0 unspecified atom stereocenters. The van der Waals surface area contributed by atoms with Crippen LogP contribution in [0.4, 0.5) is 0 Å². The van der Waals surface area contributed by atoms with Gasteiger partial charge in [0.1, 0.15) is 5.82 Å². The first-order chi connectivity index (χ1) is 10.3. The molecule has 5 nitrogen and oxygen atoms in total. The zero-order valence-corrected chi connectivity index (χ0v) is 12.6. The van der Waals surface area contributed by atoms with Gasteiger partial charge in [-0.15, -0.1) is 0 Å². The van der Waals surface area contributed by atoms with E-state index >= 15 is 0 Å². The van der Waals surface area contributed by atoms with Crippen molar-refractivity contribution in [3.8, 4) is 0 Å². The Morgan fingerprint density at radius 3 is 2.76 bits per heavy atom. The van der Waals surface area contributed by atoms with Crippen molar-refractivity contribution in [3.05, 3.63) is 23.8 Å². The van der Waals surface area contributed by atoms with Crippen molar-refractivity contribution in [2.75, 3.05) is 26.3 Å². The second-order valence-electron chi connectivity index (χ2n) is 6.08. The summed E-state index contributed by atoms with van der Waals surface area (Å²) in [4.78, 5) is 23.0. The molecule has 1 aliphatic heterocycles. The predicted octanol–water partition coefficient (Wildman–Crippen LogP) is 2.24. The number of likely N-dealkylation sites (tertiary alicyclic amines) is 1. The van der Waals surface area contributed by atoms with Crippen molar-refractivity contribution in [1.82, 2.24) is 14.9 Å². The quantitative estimate of drug-likeness (QED) is 0.754. The summed E-state index contributed by atoms with van der Waals surface area (Å²) in [5.74, 6) is 1.93. The maximum Gasteiger partial charge on any atom is 0.257 e. The summed E-state index contributed by atoms with van der Waals surface area (Å²) in [7, 11) is 0. The van der Waals surface area contributed by atoms with Crippen LogP contribution in [0, 0.1) is 5.92 Å². The molecule has 2 aliphatic rings. The van der Waals surface area contributed by atoms with E-state index in [0.717, 1.165) is 45.0 Å². The summed E-state index contributed by atoms with van der Waals surface area (Å²) in [6.07, 6.45) is 7.79. The molecule has 114 valence electrons. The Kier molecular flexibility index (Phi) is 4.48. The number of hydrogen-bond donors (Lipinski definition) is 0. The van der Waals surface area contributed by atoms with Crippen LogP contribution in [-0.4, -0.2) is 47.1 Å². The first kappa shape index (κ1) is 14.4. The Balaban J connectivity index is 1.53. The molecule has 1 atom stereocenters. The van der Waals surface area contributed by atoms with Crippen LogP contribution in [0.2, 0.25) is 0 Å². The van der Waals surface area contributed by atoms with E-state index in [9.17, 15) is 4.79 Å². The minimum Gasteiger partial charge on any atom is -0.381 e. The monoisotopic (exact) mass is 289 g/mol. The number of amides is 1. The van der Waals surface area contributed by atoms with Crippen LogP contribution < -0.4 is 0 Å². The Labute approximate surface area is 125 Å². The van der Waals surface area contributed by atoms with Gasteiger partial charge in [0.25, 0.3) is 5.91 Å². The highest BCUT2D eigenvalue weighted by atomic mass is 16.5. The number of carbonyl (C=O) groups excluding carboxylic acids is 1. The minimum absolute atomic E-state index is 0.0512. The Morgan fingerprint density at radius 1 is 1.33 bits per heavy atom. The van der Waals surface area contributed by atoms with E-state index < -0.39 is 0 Å². The van der Waals surface area contributed by atoms with Crippen molar-refractivity contribution in [1.29, 1.82) is 0 Å². The molecule has 1 saturated carbocycles. The number of nitrogens with zero attached hydrogens (tertiary/aromatic N) is 3. The van der Waals surface area contributed by atoms with Crippen molar-refractivity contribution < 1.29 is 9.53 Å². The van der Waals surface area contributed by atoms with Crippen molar-refractivity contribution in [2.24, 2.45) is 5.92 Å². The lowest BCUT2D eigenvalue weighted by molar-refractivity contribution is 0.0753. The van der Waals surface area contributed by atoms with Crippen LogP contribution in [0.5, 0.6) is 0 Å². The molecule has 1 aliphatic carbocycles. The van der Waals surface area contributed by atoms with E-state index in [2.05, 4.69) is 16.9 Å². The standard InChI is InChI=1S/C16H23N3O2/c1-2-7-21-11-12-5-6-19(10-12)16(20)14-8-17-15(18-9-14)13-3-4-13/h8-9,12-13H,2-7,10-11H2,1H3/t12-/m1/s1. The first-order valence-electron chi connectivity index (χ1n) is 7.97. The smallest absolute Gasteiger partial charge is 0.257 e. The van der Waals surface area contributed by atoms with Crippen molar-refractivity contribution in [3.63, 3.8) is 0 Å². The second-order valence-corrected chi connectivity index (χ2v) is 6.08. The largest absolute Gasteiger partial charge is 0.381 e. The molecule has 1 aromatic heterocycles. The first-order valence-corrected chi connectivity index (χ1v) is 7.97. The van der Waals surface area contributed by atoms with Gasteiger partial charge in [-0.1, -0.05) is 6.92 Å². The van der Waals surface area contributed by atoms with Gasteiger partial charge in [0.05, 0.1) is 12.2 Å². The fourth-order valence-corrected chi connectivity index (χ4v) is 2.73. The molecule has 5 heteroatoms. The molecule has 0 spiro atoms. The maximum absolute atomic E-state index is 12.4. The molecule has 1 amide bonds. The Bertz CT molecular complexity index is 485. The molecular formula is C16H23N3O2. The summed E-state index contributed by atoms with van der Waals surface area (Å²) in [5.41, 5.74) is 0.606. The predicted molar refractivity (Wildman–Crippen MR) is 79.1 cm³/mol. The summed E-state index contributed by atoms with van der Waals surface area (Å²) in [5, 5.41) is 0. The fourth-order valence-electron chi connectivity index (χ4n) is 2.73. The van der Waals surface area contributed by atoms with Gasteiger partial charge in [-0.3, -0.25) is 4.79 Å². The average Bonchev–Trinajstić information content (AvgIpc) is 3.26. The summed E-state index contributed by atoms with van der Waals surface area (Å²) in [6, 6.07) is 0. The van der Waals surface area contributed by atoms with E-state index in [1.54, 1.807) is 12.4 Å². The number of hydrogen-bond acceptors (Lipinski definition) is 4. The van der Waals surface area contributed by atoms with E-state index in [4.69, 9.17) is 4.74 Å². The normalized spacial score (nSPS) is 21.8. The van der Waals surface area contributed by atoms with Gasteiger partial charge in [0.15, 0.2) is 0 Å². The lowest BCUT2D eigenvalue weighted by atomic mass is 10.1. The van der Waals surface area contributed by atoms with Crippen LogP contribution >= 0.6 is 0 Å². The van der Waals surface area contributed by atoms with Gasteiger partial charge in [-0.05, 0) is 25.7 Å². The van der Waals surface area contributed by atoms with E-state index in [1.165, 1.54) is 12.8 Å². The number of rotatable bonds is 6. The SMILES string of the molecule is CCCOC[C@@H]1CCN(C(=O)c2cnc(C3CC3)nc2)C1. The molecule has 0 radical (unpaired) electrons. The highest BCUT2D eigenvalue weighted by Gasteiger charge is 2.29. The molecule has 0 bridgehead atoms. The zero-order valence-electron chi connectivity index (χ0n) is 12.6. The van der Waals surface area contributed by atoms with Crippen LogP contribution in [-0.2, 0) is 4.74 Å². The van der Waals surface area contributed by atoms with Crippen LogP contribution in [0.25, 0.3) is 0 Å². The fraction of sp³-hybridized carbons (Fsp3) is 0.688. The molecule has 2 heterocycles. The van der Waals surface area contributed by atoms with Gasteiger partial charge in [0.2, 0.25) is 0 Å². The summed E-state index contributed by atoms with van der Waals surface area (Å²) < 4.78 is 5.59. The van der Waals surface area contributed by atoms with Gasteiger partial charge in [-0.25, -0.2) is 9.97 Å². The van der Waals surface area contributed by atoms with Crippen LogP contribution in [0.1, 0.15) is 54.7 Å². The summed E-state index contributed by atoms with van der Waals surface area (Å²) >= 11 is 0. The highest BCUT2D eigenvalue weighted by molar-refractivity contribution is 5.93. The molecule has 0 aromatic carbocycles. The third-order valence-corrected chi connectivity index (χ3v) is 4.14. The lowest BCUT2D eigenvalue weighted by Crippen LogP contribution is -2.29. The third-order valence-electron chi connectivity index (χ3n) is 4.14. The van der Waals surface area contributed by atoms with Gasteiger partial charge in [0, 0.05) is 43.9 Å². The maximum atomic E-state index is 12.4. The second kappa shape index (κ2) is 6.52. The van der Waals surface area contributed by atoms with Crippen LogP contribution in [0.15, 0.2) is 12.4 Å². The summed E-state index contributed by atoms with van der Waals surface area (Å²) in [6.45, 7) is 5.27. The third kappa shape index (κ3) is 3.59. The molecular weight excluding hydrogens is 266 g/mol. The minimum atomic E-state index is 0.0512. The van der Waals surface area contributed by atoms with Gasteiger partial charge in [-0.2, -0.15) is 0 Å². The molecule has 1 aromatic rings. The van der Waals surface area contributed by atoms with Crippen molar-refractivity contribution >= 4 is 5.91 Å². The van der Waals surface area contributed by atoms with E-state index in [0.29, 0.717) is 17.4 Å². The molecule has 3 rings (SSSR count). The van der Waals surface area contributed by atoms with E-state index in [-0.39, 0.29) is 5.91 Å². The topological polar surface area (TPSA) is 55.3 Å². The average molecular weight is 289 g/mol. The number of aromatic nitrogens is 2. The zero-order chi connectivity index (χ0) is 14.7. The molecule has 21 heavy (non-hydrogen) atoms.